The van der Waals surface area contributed by atoms with Crippen LogP contribution in [0.25, 0.3) is 6.08 Å². The Labute approximate surface area is 145 Å². The number of amides is 1. The molecule has 0 bridgehead atoms. The molecule has 0 aliphatic carbocycles. The lowest BCUT2D eigenvalue weighted by Gasteiger charge is -2.27. The van der Waals surface area contributed by atoms with E-state index in [0.717, 1.165) is 5.56 Å². The van der Waals surface area contributed by atoms with Gasteiger partial charge in [-0.2, -0.15) is 13.2 Å². The summed E-state index contributed by atoms with van der Waals surface area (Å²) < 4.78 is 42.8. The van der Waals surface area contributed by atoms with Gasteiger partial charge in [0.05, 0.1) is 0 Å². The van der Waals surface area contributed by atoms with E-state index in [-0.39, 0.29) is 0 Å². The fourth-order valence-corrected chi connectivity index (χ4v) is 1.93. The van der Waals surface area contributed by atoms with Crippen LogP contribution in [0.3, 0.4) is 0 Å². The van der Waals surface area contributed by atoms with Crippen LogP contribution in [-0.4, -0.2) is 29.7 Å². The van der Waals surface area contributed by atoms with E-state index in [1.165, 1.54) is 6.92 Å². The van der Waals surface area contributed by atoms with Gasteiger partial charge in [-0.1, -0.05) is 49.4 Å². The van der Waals surface area contributed by atoms with Crippen LogP contribution in [0.2, 0.25) is 0 Å². The molecule has 0 heterocycles. The van der Waals surface area contributed by atoms with Crippen LogP contribution in [-0.2, 0) is 14.3 Å². The van der Waals surface area contributed by atoms with Crippen LogP contribution in [0.5, 0.6) is 0 Å². The van der Waals surface area contributed by atoms with Gasteiger partial charge in [0.2, 0.25) is 0 Å². The predicted octanol–water partition coefficient (Wildman–Crippen LogP) is 3.72. The first-order valence-electron chi connectivity index (χ1n) is 7.74. The molecule has 25 heavy (non-hydrogen) atoms. The summed E-state index contributed by atoms with van der Waals surface area (Å²) in [5, 5.41) is 1.73. The second-order valence-corrected chi connectivity index (χ2v) is 6.61. The second kappa shape index (κ2) is 8.18. The Bertz CT molecular complexity index is 619. The van der Waals surface area contributed by atoms with E-state index in [0.29, 0.717) is 0 Å². The van der Waals surface area contributed by atoms with Gasteiger partial charge in [-0.25, -0.2) is 4.79 Å². The molecule has 2 atom stereocenters. The number of carbonyl (C=O) groups excluding carboxylic acids is 2. The molecule has 0 aliphatic rings. The van der Waals surface area contributed by atoms with E-state index in [9.17, 15) is 22.8 Å². The van der Waals surface area contributed by atoms with Gasteiger partial charge >= 0.3 is 18.1 Å². The van der Waals surface area contributed by atoms with Gasteiger partial charge in [0.25, 0.3) is 0 Å². The number of esters is 1. The van der Waals surface area contributed by atoms with Crippen LogP contribution in [0, 0.1) is 5.92 Å². The highest BCUT2D eigenvalue weighted by Crippen LogP contribution is 2.19. The first-order chi connectivity index (χ1) is 11.4. The third-order valence-corrected chi connectivity index (χ3v) is 3.12. The topological polar surface area (TPSA) is 55.4 Å². The zero-order valence-electron chi connectivity index (χ0n) is 14.6. The van der Waals surface area contributed by atoms with Crippen molar-refractivity contribution in [2.45, 2.75) is 45.5 Å². The molecule has 0 aromatic heterocycles. The normalized spacial score (nSPS) is 14.8. The van der Waals surface area contributed by atoms with Crippen molar-refractivity contribution < 1.29 is 27.5 Å². The largest absolute Gasteiger partial charge is 0.471 e. The number of alkyl halides is 3. The minimum absolute atomic E-state index is 0.707. The van der Waals surface area contributed by atoms with Gasteiger partial charge < -0.3 is 10.1 Å². The zero-order chi connectivity index (χ0) is 19.3. The Hall–Kier alpha value is -2.31. The predicted molar refractivity (Wildman–Crippen MR) is 88.5 cm³/mol. The average Bonchev–Trinajstić information content (AvgIpc) is 2.48. The molecule has 138 valence electrons. The number of nitrogens with one attached hydrogen (secondary N) is 1. The quantitative estimate of drug-likeness (QED) is 0.817. The summed E-state index contributed by atoms with van der Waals surface area (Å²) in [5.74, 6) is -3.81. The molecule has 1 aromatic carbocycles. The Morgan fingerprint density at radius 2 is 1.68 bits per heavy atom. The number of hydrogen-bond acceptors (Lipinski definition) is 3. The maximum Gasteiger partial charge on any atom is 0.471 e. The molecule has 0 radical (unpaired) electrons. The number of carbonyl (C=O) groups is 2. The molecule has 1 N–H and O–H groups in total. The Morgan fingerprint density at radius 3 is 2.16 bits per heavy atom. The summed E-state index contributed by atoms with van der Waals surface area (Å²) in [7, 11) is 0. The van der Waals surface area contributed by atoms with Crippen molar-refractivity contribution in [3.05, 3.63) is 42.0 Å². The smallest absolute Gasteiger partial charge is 0.458 e. The molecule has 0 spiro atoms. The SMILES string of the molecule is C[C@H](/C=C/c1ccccc1)[C@@H](NC(=O)C(F)(F)F)C(=O)OC(C)(C)C. The highest BCUT2D eigenvalue weighted by Gasteiger charge is 2.42. The fourth-order valence-electron chi connectivity index (χ4n) is 1.93. The minimum atomic E-state index is -5.08. The second-order valence-electron chi connectivity index (χ2n) is 6.61. The molecule has 0 unspecified atom stereocenters. The Morgan fingerprint density at radius 1 is 1.12 bits per heavy atom. The van der Waals surface area contributed by atoms with Crippen molar-refractivity contribution in [2.75, 3.05) is 0 Å². The maximum absolute atomic E-state index is 12.5. The lowest BCUT2D eigenvalue weighted by molar-refractivity contribution is -0.177. The van der Waals surface area contributed by atoms with E-state index >= 15 is 0 Å². The first-order valence-corrected chi connectivity index (χ1v) is 7.74. The van der Waals surface area contributed by atoms with E-state index < -0.39 is 35.6 Å². The molecular formula is C18H22F3NO3. The summed E-state index contributed by atoms with van der Waals surface area (Å²) in [6, 6.07) is 7.60. The monoisotopic (exact) mass is 357 g/mol. The third kappa shape index (κ3) is 7.41. The molecule has 1 rings (SSSR count). The van der Waals surface area contributed by atoms with Crippen LogP contribution in [0.1, 0.15) is 33.3 Å². The number of halogens is 3. The number of rotatable bonds is 5. The van der Waals surface area contributed by atoms with Crippen LogP contribution in [0.4, 0.5) is 13.2 Å². The van der Waals surface area contributed by atoms with Crippen molar-refractivity contribution in [3.8, 4) is 0 Å². The van der Waals surface area contributed by atoms with E-state index in [1.807, 2.05) is 6.07 Å². The standard InChI is InChI=1S/C18H22F3NO3/c1-12(10-11-13-8-6-5-7-9-13)14(15(23)25-17(2,3)4)22-16(24)18(19,20)21/h5-12,14H,1-4H3,(H,22,24)/b11-10+/t12-,14-/m1/s1. The molecule has 7 heteroatoms. The summed E-state index contributed by atoms with van der Waals surface area (Å²) in [4.78, 5) is 23.5. The van der Waals surface area contributed by atoms with Gasteiger partial charge in [-0.3, -0.25) is 4.79 Å². The summed E-state index contributed by atoms with van der Waals surface area (Å²) in [6.45, 7) is 6.32. The van der Waals surface area contributed by atoms with E-state index in [2.05, 4.69) is 0 Å². The van der Waals surface area contributed by atoms with Gasteiger partial charge in [0.1, 0.15) is 11.6 Å². The van der Waals surface area contributed by atoms with Gasteiger partial charge in [0.15, 0.2) is 0 Å². The Balaban J connectivity index is 2.97. The van der Waals surface area contributed by atoms with Gasteiger partial charge in [-0.05, 0) is 26.3 Å². The molecule has 4 nitrogen and oxygen atoms in total. The van der Waals surface area contributed by atoms with Crippen LogP contribution >= 0.6 is 0 Å². The lowest BCUT2D eigenvalue weighted by Crippen LogP contribution is -2.51. The van der Waals surface area contributed by atoms with Gasteiger partial charge in [0, 0.05) is 5.92 Å². The average molecular weight is 357 g/mol. The summed E-state index contributed by atoms with van der Waals surface area (Å²) in [6.07, 6.45) is -1.86. The molecule has 0 saturated carbocycles. The van der Waals surface area contributed by atoms with Crippen LogP contribution < -0.4 is 5.32 Å². The minimum Gasteiger partial charge on any atom is -0.458 e. The van der Waals surface area contributed by atoms with Crippen molar-refractivity contribution in [2.24, 2.45) is 5.92 Å². The third-order valence-electron chi connectivity index (χ3n) is 3.12. The van der Waals surface area contributed by atoms with Crippen molar-refractivity contribution in [1.29, 1.82) is 0 Å². The summed E-state index contributed by atoms with van der Waals surface area (Å²) in [5.41, 5.74) is -0.0688. The van der Waals surface area contributed by atoms with Crippen molar-refractivity contribution >= 4 is 18.0 Å². The van der Waals surface area contributed by atoms with E-state index in [1.54, 1.807) is 62.5 Å². The molecule has 1 aromatic rings. The Kier molecular flexibility index (Phi) is 6.78. The zero-order valence-corrected chi connectivity index (χ0v) is 14.6. The van der Waals surface area contributed by atoms with Crippen molar-refractivity contribution in [1.82, 2.24) is 5.32 Å². The molecule has 0 fully saturated rings. The van der Waals surface area contributed by atoms with E-state index in [4.69, 9.17) is 4.74 Å². The summed E-state index contributed by atoms with van der Waals surface area (Å²) >= 11 is 0. The molecule has 1 amide bonds. The number of hydrogen-bond donors (Lipinski definition) is 1. The van der Waals surface area contributed by atoms with Crippen molar-refractivity contribution in [3.63, 3.8) is 0 Å². The van der Waals surface area contributed by atoms with Gasteiger partial charge in [-0.15, -0.1) is 0 Å². The highest BCUT2D eigenvalue weighted by molar-refractivity contribution is 5.88. The highest BCUT2D eigenvalue weighted by atomic mass is 19.4. The molecular weight excluding hydrogens is 335 g/mol. The number of benzene rings is 1. The maximum atomic E-state index is 12.5. The number of ether oxygens (including phenoxy) is 1. The molecule has 0 aliphatic heterocycles. The fraction of sp³-hybridized carbons (Fsp3) is 0.444. The first kappa shape index (κ1) is 20.7. The lowest BCUT2D eigenvalue weighted by atomic mass is 9.99. The molecule has 0 saturated heterocycles. The van der Waals surface area contributed by atoms with Crippen LogP contribution in [0.15, 0.2) is 36.4 Å².